The summed E-state index contributed by atoms with van der Waals surface area (Å²) in [5, 5.41) is 3.00. The van der Waals surface area contributed by atoms with Crippen molar-refractivity contribution in [2.75, 3.05) is 45.9 Å². The van der Waals surface area contributed by atoms with Crippen LogP contribution in [0.3, 0.4) is 0 Å². The van der Waals surface area contributed by atoms with Crippen molar-refractivity contribution in [3.63, 3.8) is 0 Å². The number of benzene rings is 1. The molecule has 1 aliphatic rings. The Bertz CT molecular complexity index is 844. The van der Waals surface area contributed by atoms with E-state index in [2.05, 4.69) is 5.32 Å². The lowest BCUT2D eigenvalue weighted by Crippen LogP contribution is -3.14. The van der Waals surface area contributed by atoms with Gasteiger partial charge in [-0.25, -0.2) is 0 Å². The molecule has 2 heterocycles. The number of quaternary nitrogens is 1. The van der Waals surface area contributed by atoms with Crippen LogP contribution >= 0.6 is 0 Å². The topological polar surface area (TPSA) is 76.2 Å². The molecule has 1 aromatic heterocycles. The molecular formula is C24H34N3O4+. The fraction of sp³-hybridized carbons (Fsp3) is 0.500. The molecule has 0 spiro atoms. The quantitative estimate of drug-likeness (QED) is 0.560. The molecule has 0 bridgehead atoms. The van der Waals surface area contributed by atoms with Crippen molar-refractivity contribution in [1.29, 1.82) is 0 Å². The minimum absolute atomic E-state index is 0.0251. The van der Waals surface area contributed by atoms with Gasteiger partial charge in [0.1, 0.15) is 24.6 Å². The van der Waals surface area contributed by atoms with Crippen molar-refractivity contribution in [3.8, 4) is 0 Å². The molecule has 0 saturated carbocycles. The van der Waals surface area contributed by atoms with E-state index in [9.17, 15) is 9.59 Å². The molecule has 1 aromatic carbocycles. The maximum atomic E-state index is 13.2. The molecule has 7 heteroatoms. The molecule has 168 valence electrons. The number of aryl methyl sites for hydroxylation is 2. The second-order valence-electron chi connectivity index (χ2n) is 8.11. The number of nitrogens with zero attached hydrogens (tertiary/aromatic N) is 1. The van der Waals surface area contributed by atoms with E-state index in [0.717, 1.165) is 44.8 Å². The third-order valence-electron chi connectivity index (χ3n) is 5.61. The monoisotopic (exact) mass is 428 g/mol. The summed E-state index contributed by atoms with van der Waals surface area (Å²) >= 11 is 0. The Morgan fingerprint density at radius 3 is 2.55 bits per heavy atom. The minimum atomic E-state index is -0.109. The van der Waals surface area contributed by atoms with E-state index in [1.54, 1.807) is 17.9 Å². The third-order valence-corrected chi connectivity index (χ3v) is 5.61. The Morgan fingerprint density at radius 2 is 1.87 bits per heavy atom. The Kier molecular flexibility index (Phi) is 8.67. The highest BCUT2D eigenvalue weighted by molar-refractivity contribution is 5.95. The molecular weight excluding hydrogens is 394 g/mol. The second-order valence-corrected chi connectivity index (χ2v) is 8.11. The molecule has 3 rings (SSSR count). The van der Waals surface area contributed by atoms with Gasteiger partial charge in [-0.3, -0.25) is 9.59 Å². The fourth-order valence-corrected chi connectivity index (χ4v) is 3.87. The Morgan fingerprint density at radius 1 is 1.13 bits per heavy atom. The van der Waals surface area contributed by atoms with Crippen LogP contribution in [0.25, 0.3) is 0 Å². The van der Waals surface area contributed by atoms with Gasteiger partial charge in [-0.2, -0.15) is 0 Å². The second kappa shape index (κ2) is 11.7. The predicted molar refractivity (Wildman–Crippen MR) is 118 cm³/mol. The summed E-state index contributed by atoms with van der Waals surface area (Å²) in [6.45, 7) is 9.87. The lowest BCUT2D eigenvalue weighted by molar-refractivity contribution is -0.908. The van der Waals surface area contributed by atoms with E-state index >= 15 is 0 Å². The average molecular weight is 429 g/mol. The van der Waals surface area contributed by atoms with Crippen molar-refractivity contribution in [2.24, 2.45) is 0 Å². The van der Waals surface area contributed by atoms with Crippen molar-refractivity contribution in [3.05, 3.63) is 59.0 Å². The molecule has 2 aromatic rings. The van der Waals surface area contributed by atoms with Crippen LogP contribution in [0, 0.1) is 13.8 Å². The zero-order chi connectivity index (χ0) is 22.1. The summed E-state index contributed by atoms with van der Waals surface area (Å²) in [7, 11) is 0. The zero-order valence-electron chi connectivity index (χ0n) is 18.6. The first kappa shape index (κ1) is 23.0. The van der Waals surface area contributed by atoms with Gasteiger partial charge in [-0.05, 0) is 25.5 Å². The van der Waals surface area contributed by atoms with Gasteiger partial charge in [-0.15, -0.1) is 0 Å². The number of morpholine rings is 1. The van der Waals surface area contributed by atoms with Crippen molar-refractivity contribution in [2.45, 2.75) is 33.2 Å². The van der Waals surface area contributed by atoms with Gasteiger partial charge in [0.25, 0.3) is 5.91 Å². The molecule has 2 amide bonds. The van der Waals surface area contributed by atoms with E-state index in [1.165, 1.54) is 4.90 Å². The predicted octanol–water partition coefficient (Wildman–Crippen LogP) is 1.35. The number of rotatable bonds is 10. The van der Waals surface area contributed by atoms with E-state index in [-0.39, 0.29) is 18.2 Å². The van der Waals surface area contributed by atoms with Crippen LogP contribution in [0.15, 0.2) is 40.8 Å². The summed E-state index contributed by atoms with van der Waals surface area (Å²) in [6.07, 6.45) is 1.22. The van der Waals surface area contributed by atoms with E-state index in [0.29, 0.717) is 36.7 Å². The lowest BCUT2D eigenvalue weighted by Gasteiger charge is -2.24. The molecule has 0 atom stereocenters. The van der Waals surface area contributed by atoms with E-state index in [4.69, 9.17) is 9.15 Å². The fourth-order valence-electron chi connectivity index (χ4n) is 3.87. The SMILES string of the molecule is Cc1cc(C(=O)N(CCC(=O)NCCC[NH+]2CCOCC2)Cc2ccccc2)c(C)o1. The largest absolute Gasteiger partial charge is 0.466 e. The third kappa shape index (κ3) is 7.22. The number of furan rings is 1. The summed E-state index contributed by atoms with van der Waals surface area (Å²) in [5.41, 5.74) is 1.59. The van der Waals surface area contributed by atoms with Crippen LogP contribution in [-0.2, 0) is 16.1 Å². The highest BCUT2D eigenvalue weighted by Gasteiger charge is 2.21. The lowest BCUT2D eigenvalue weighted by atomic mass is 10.1. The van der Waals surface area contributed by atoms with Gasteiger partial charge < -0.3 is 24.3 Å². The summed E-state index contributed by atoms with van der Waals surface area (Å²) in [5.74, 6) is 1.18. The minimum Gasteiger partial charge on any atom is -0.466 e. The molecule has 31 heavy (non-hydrogen) atoms. The van der Waals surface area contributed by atoms with Crippen molar-refractivity contribution >= 4 is 11.8 Å². The van der Waals surface area contributed by atoms with Gasteiger partial charge in [0, 0.05) is 32.5 Å². The number of hydrogen-bond donors (Lipinski definition) is 2. The van der Waals surface area contributed by atoms with Gasteiger partial charge in [-0.1, -0.05) is 30.3 Å². The number of carbonyl (C=O) groups is 2. The van der Waals surface area contributed by atoms with Gasteiger partial charge in [0.15, 0.2) is 0 Å². The van der Waals surface area contributed by atoms with Crippen LogP contribution in [0.5, 0.6) is 0 Å². The van der Waals surface area contributed by atoms with Crippen LogP contribution in [0.4, 0.5) is 0 Å². The highest BCUT2D eigenvalue weighted by atomic mass is 16.5. The standard InChI is InChI=1S/C24H33N3O4/c1-19-17-22(20(2)31-19)24(29)27(18-21-7-4-3-5-8-21)12-9-23(28)25-10-6-11-26-13-15-30-16-14-26/h3-5,7-8,17H,6,9-16,18H2,1-2H3,(H,25,28)/p+1. The zero-order valence-corrected chi connectivity index (χ0v) is 18.6. The summed E-state index contributed by atoms with van der Waals surface area (Å²) in [6, 6.07) is 11.6. The summed E-state index contributed by atoms with van der Waals surface area (Å²) in [4.78, 5) is 28.8. The molecule has 0 unspecified atom stereocenters. The Balaban J connectivity index is 1.51. The van der Waals surface area contributed by atoms with Crippen molar-refractivity contribution < 1.29 is 23.6 Å². The maximum Gasteiger partial charge on any atom is 0.257 e. The first-order chi connectivity index (χ1) is 15.0. The molecule has 1 fully saturated rings. The van der Waals surface area contributed by atoms with E-state index in [1.807, 2.05) is 37.3 Å². The first-order valence-corrected chi connectivity index (χ1v) is 11.1. The van der Waals surface area contributed by atoms with Crippen LogP contribution in [0.2, 0.25) is 0 Å². The molecule has 0 aliphatic carbocycles. The number of hydrogen-bond acceptors (Lipinski definition) is 4. The van der Waals surface area contributed by atoms with Gasteiger partial charge >= 0.3 is 0 Å². The number of amides is 2. The molecule has 2 N–H and O–H groups in total. The number of carbonyl (C=O) groups excluding carboxylic acids is 2. The smallest absolute Gasteiger partial charge is 0.257 e. The van der Waals surface area contributed by atoms with Crippen LogP contribution < -0.4 is 10.2 Å². The van der Waals surface area contributed by atoms with Crippen LogP contribution in [-0.4, -0.2) is 62.7 Å². The van der Waals surface area contributed by atoms with Crippen LogP contribution in [0.1, 0.15) is 40.3 Å². The van der Waals surface area contributed by atoms with E-state index < -0.39 is 0 Å². The number of nitrogens with one attached hydrogen (secondary N) is 2. The Labute approximate surface area is 184 Å². The number of ether oxygens (including phenoxy) is 1. The maximum absolute atomic E-state index is 13.2. The summed E-state index contributed by atoms with van der Waals surface area (Å²) < 4.78 is 10.9. The molecule has 1 aliphatic heterocycles. The molecule has 7 nitrogen and oxygen atoms in total. The first-order valence-electron chi connectivity index (χ1n) is 11.1. The average Bonchev–Trinajstić information content (AvgIpc) is 3.13. The molecule has 1 saturated heterocycles. The van der Waals surface area contributed by atoms with Gasteiger partial charge in [0.2, 0.25) is 5.91 Å². The Hall–Kier alpha value is -2.64. The van der Waals surface area contributed by atoms with Gasteiger partial charge in [0.05, 0.1) is 25.3 Å². The normalized spacial score (nSPS) is 14.4. The highest BCUT2D eigenvalue weighted by Crippen LogP contribution is 2.18. The molecule has 0 radical (unpaired) electrons. The van der Waals surface area contributed by atoms with Crippen molar-refractivity contribution in [1.82, 2.24) is 10.2 Å².